The monoisotopic (exact) mass is 216 g/mol. The van der Waals surface area contributed by atoms with Crippen LogP contribution in [-0.4, -0.2) is 18.2 Å². The Hall–Kier alpha value is -2.03. The van der Waals surface area contributed by atoms with E-state index >= 15 is 0 Å². The van der Waals surface area contributed by atoms with Gasteiger partial charge in [-0.25, -0.2) is 4.79 Å². The highest BCUT2D eigenvalue weighted by atomic mass is 16.5. The number of aromatic carboxylic acids is 1. The van der Waals surface area contributed by atoms with Crippen LogP contribution in [0.2, 0.25) is 0 Å². The highest BCUT2D eigenvalue weighted by Crippen LogP contribution is 2.29. The second-order valence-electron chi connectivity index (χ2n) is 3.60. The molecule has 0 amide bonds. The maximum absolute atomic E-state index is 11.0. The van der Waals surface area contributed by atoms with Crippen molar-refractivity contribution in [3.05, 3.63) is 41.5 Å². The molecule has 16 heavy (non-hydrogen) atoms. The summed E-state index contributed by atoms with van der Waals surface area (Å²) in [4.78, 5) is 11.0. The summed E-state index contributed by atoms with van der Waals surface area (Å²) < 4.78 is 5.24. The lowest BCUT2D eigenvalue weighted by atomic mass is 9.99. The lowest BCUT2D eigenvalue weighted by molar-refractivity contribution is 0.0696. The van der Waals surface area contributed by atoms with Crippen LogP contribution < -0.4 is 4.74 Å². The standard InChI is InChI=1S/C13H12O3/c1-8-9-4-3-5-12(16-2)11(9)7-6-10(8)13(14)15/h3-7H,1-2H3,(H,14,15). The lowest BCUT2D eigenvalue weighted by Gasteiger charge is -2.09. The number of fused-ring (bicyclic) bond motifs is 1. The van der Waals surface area contributed by atoms with Crippen LogP contribution in [-0.2, 0) is 0 Å². The lowest BCUT2D eigenvalue weighted by Crippen LogP contribution is -2.00. The molecule has 0 saturated heterocycles. The smallest absolute Gasteiger partial charge is 0.335 e. The molecule has 0 spiro atoms. The molecule has 1 N–H and O–H groups in total. The quantitative estimate of drug-likeness (QED) is 0.839. The summed E-state index contributed by atoms with van der Waals surface area (Å²) in [6.45, 7) is 1.81. The van der Waals surface area contributed by atoms with E-state index < -0.39 is 5.97 Å². The maximum Gasteiger partial charge on any atom is 0.335 e. The van der Waals surface area contributed by atoms with E-state index in [1.807, 2.05) is 25.1 Å². The van der Waals surface area contributed by atoms with Gasteiger partial charge in [0.25, 0.3) is 0 Å². The van der Waals surface area contributed by atoms with Crippen molar-refractivity contribution >= 4 is 16.7 Å². The Bertz CT molecular complexity index is 558. The van der Waals surface area contributed by atoms with Crippen molar-refractivity contribution in [3.63, 3.8) is 0 Å². The van der Waals surface area contributed by atoms with Gasteiger partial charge < -0.3 is 9.84 Å². The van der Waals surface area contributed by atoms with Gasteiger partial charge in [0, 0.05) is 5.39 Å². The first-order valence-electron chi connectivity index (χ1n) is 4.94. The molecule has 3 heteroatoms. The zero-order valence-electron chi connectivity index (χ0n) is 9.15. The van der Waals surface area contributed by atoms with Crippen LogP contribution in [0.1, 0.15) is 15.9 Å². The number of ether oxygens (including phenoxy) is 1. The van der Waals surface area contributed by atoms with Gasteiger partial charge in [-0.15, -0.1) is 0 Å². The molecule has 82 valence electrons. The van der Waals surface area contributed by atoms with E-state index in [0.29, 0.717) is 5.56 Å². The van der Waals surface area contributed by atoms with Crippen molar-refractivity contribution < 1.29 is 14.6 Å². The van der Waals surface area contributed by atoms with Gasteiger partial charge in [0.1, 0.15) is 5.75 Å². The number of carboxylic acids is 1. The van der Waals surface area contributed by atoms with E-state index in [2.05, 4.69) is 0 Å². The van der Waals surface area contributed by atoms with Crippen LogP contribution in [0.5, 0.6) is 5.75 Å². The number of carboxylic acid groups (broad SMARTS) is 1. The summed E-state index contributed by atoms with van der Waals surface area (Å²) in [5, 5.41) is 10.9. The maximum atomic E-state index is 11.0. The number of aryl methyl sites for hydroxylation is 1. The molecule has 0 aromatic heterocycles. The zero-order chi connectivity index (χ0) is 11.7. The second-order valence-corrected chi connectivity index (χ2v) is 3.60. The average molecular weight is 216 g/mol. The number of rotatable bonds is 2. The molecule has 0 aliphatic heterocycles. The van der Waals surface area contributed by atoms with E-state index in [1.54, 1.807) is 19.2 Å². The Balaban J connectivity index is 2.81. The fourth-order valence-corrected chi connectivity index (χ4v) is 1.89. The summed E-state index contributed by atoms with van der Waals surface area (Å²) in [6.07, 6.45) is 0. The topological polar surface area (TPSA) is 46.5 Å². The van der Waals surface area contributed by atoms with E-state index in [0.717, 1.165) is 22.1 Å². The van der Waals surface area contributed by atoms with Crippen LogP contribution in [0, 0.1) is 6.92 Å². The van der Waals surface area contributed by atoms with Gasteiger partial charge in [-0.05, 0) is 36.1 Å². The minimum absolute atomic E-state index is 0.334. The van der Waals surface area contributed by atoms with Crippen molar-refractivity contribution in [3.8, 4) is 5.75 Å². The molecule has 0 atom stereocenters. The molecule has 0 heterocycles. The summed E-state index contributed by atoms with van der Waals surface area (Å²) >= 11 is 0. The third-order valence-corrected chi connectivity index (χ3v) is 2.74. The van der Waals surface area contributed by atoms with Gasteiger partial charge in [-0.3, -0.25) is 0 Å². The average Bonchev–Trinajstić information content (AvgIpc) is 2.28. The molecule has 0 saturated carbocycles. The largest absolute Gasteiger partial charge is 0.496 e. The number of hydrogen-bond acceptors (Lipinski definition) is 2. The van der Waals surface area contributed by atoms with Crippen LogP contribution in [0.15, 0.2) is 30.3 Å². The van der Waals surface area contributed by atoms with E-state index in [1.165, 1.54) is 0 Å². The molecule has 2 aromatic carbocycles. The molecule has 2 aromatic rings. The van der Waals surface area contributed by atoms with Crippen LogP contribution in [0.3, 0.4) is 0 Å². The predicted octanol–water partition coefficient (Wildman–Crippen LogP) is 2.86. The number of carbonyl (C=O) groups is 1. The third-order valence-electron chi connectivity index (χ3n) is 2.74. The van der Waals surface area contributed by atoms with E-state index in [9.17, 15) is 4.79 Å². The van der Waals surface area contributed by atoms with Gasteiger partial charge in [0.05, 0.1) is 12.7 Å². The summed E-state index contributed by atoms with van der Waals surface area (Å²) in [7, 11) is 1.61. The molecular weight excluding hydrogens is 204 g/mol. The summed E-state index contributed by atoms with van der Waals surface area (Å²) in [6, 6.07) is 9.02. The Morgan fingerprint density at radius 1 is 1.19 bits per heavy atom. The van der Waals surface area contributed by atoms with Gasteiger partial charge >= 0.3 is 5.97 Å². The zero-order valence-corrected chi connectivity index (χ0v) is 9.15. The number of hydrogen-bond donors (Lipinski definition) is 1. The van der Waals surface area contributed by atoms with Crippen molar-refractivity contribution in [2.24, 2.45) is 0 Å². The summed E-state index contributed by atoms with van der Waals surface area (Å²) in [5.74, 6) is -0.139. The highest BCUT2D eigenvalue weighted by molar-refractivity contribution is 5.99. The van der Waals surface area contributed by atoms with Gasteiger partial charge in [-0.2, -0.15) is 0 Å². The van der Waals surface area contributed by atoms with Crippen molar-refractivity contribution in [1.82, 2.24) is 0 Å². The normalized spacial score (nSPS) is 10.4. The Labute approximate surface area is 93.3 Å². The van der Waals surface area contributed by atoms with Gasteiger partial charge in [-0.1, -0.05) is 12.1 Å². The SMILES string of the molecule is COc1cccc2c(C)c(C(=O)O)ccc12. The first-order valence-corrected chi connectivity index (χ1v) is 4.94. The molecule has 0 bridgehead atoms. The molecule has 0 radical (unpaired) electrons. The first-order chi connectivity index (χ1) is 7.65. The van der Waals surface area contributed by atoms with Gasteiger partial charge in [0.15, 0.2) is 0 Å². The first kappa shape index (κ1) is 10.5. The molecule has 0 aliphatic carbocycles. The molecule has 2 rings (SSSR count). The second kappa shape index (κ2) is 3.85. The van der Waals surface area contributed by atoms with E-state index in [-0.39, 0.29) is 0 Å². The Morgan fingerprint density at radius 3 is 2.56 bits per heavy atom. The Morgan fingerprint density at radius 2 is 1.94 bits per heavy atom. The van der Waals surface area contributed by atoms with Crippen molar-refractivity contribution in [1.29, 1.82) is 0 Å². The molecule has 0 aliphatic rings. The number of benzene rings is 2. The molecule has 3 nitrogen and oxygen atoms in total. The molecule has 0 unspecified atom stereocenters. The van der Waals surface area contributed by atoms with Crippen molar-refractivity contribution in [2.45, 2.75) is 6.92 Å². The molecule has 0 fully saturated rings. The fourth-order valence-electron chi connectivity index (χ4n) is 1.89. The minimum Gasteiger partial charge on any atom is -0.496 e. The summed E-state index contributed by atoms with van der Waals surface area (Å²) in [5.41, 5.74) is 1.10. The Kier molecular flexibility index (Phi) is 2.52. The predicted molar refractivity (Wildman–Crippen MR) is 62.2 cm³/mol. The number of methoxy groups -OCH3 is 1. The molecular formula is C13H12O3. The minimum atomic E-state index is -0.901. The van der Waals surface area contributed by atoms with Gasteiger partial charge in [0.2, 0.25) is 0 Å². The van der Waals surface area contributed by atoms with Crippen LogP contribution >= 0.6 is 0 Å². The highest BCUT2D eigenvalue weighted by Gasteiger charge is 2.11. The van der Waals surface area contributed by atoms with Crippen LogP contribution in [0.4, 0.5) is 0 Å². The fraction of sp³-hybridized carbons (Fsp3) is 0.154. The van der Waals surface area contributed by atoms with E-state index in [4.69, 9.17) is 9.84 Å². The third kappa shape index (κ3) is 1.50. The van der Waals surface area contributed by atoms with Crippen LogP contribution in [0.25, 0.3) is 10.8 Å². The van der Waals surface area contributed by atoms with Crippen molar-refractivity contribution in [2.75, 3.05) is 7.11 Å².